The molecule has 0 N–H and O–H groups in total. The molecule has 0 amide bonds. The molecule has 1 unspecified atom stereocenters. The number of nitrogens with zero attached hydrogens (tertiary/aromatic N) is 3. The smallest absolute Gasteiger partial charge is 0.244 e. The molecule has 0 bridgehead atoms. The molecular formula is C18H29N3O2S2. The second-order valence-electron chi connectivity index (χ2n) is 6.84. The van der Waals surface area contributed by atoms with E-state index in [1.807, 2.05) is 17.8 Å². The van der Waals surface area contributed by atoms with Crippen LogP contribution in [0.1, 0.15) is 45.4 Å². The predicted octanol–water partition coefficient (Wildman–Crippen LogP) is 3.37. The Morgan fingerprint density at radius 3 is 2.56 bits per heavy atom. The van der Waals surface area contributed by atoms with E-state index in [4.69, 9.17) is 0 Å². The van der Waals surface area contributed by atoms with E-state index >= 15 is 0 Å². The Balaban J connectivity index is 1.72. The highest BCUT2D eigenvalue weighted by Gasteiger charge is 2.26. The maximum atomic E-state index is 12.7. The molecular weight excluding hydrogens is 354 g/mol. The van der Waals surface area contributed by atoms with Crippen molar-refractivity contribution in [1.29, 1.82) is 0 Å². The van der Waals surface area contributed by atoms with E-state index in [1.54, 1.807) is 16.6 Å². The van der Waals surface area contributed by atoms with Crippen LogP contribution in [0.5, 0.6) is 0 Å². The van der Waals surface area contributed by atoms with Gasteiger partial charge in [0.2, 0.25) is 10.0 Å². The van der Waals surface area contributed by atoms with E-state index in [2.05, 4.69) is 16.8 Å². The Bertz CT molecular complexity index is 643. The van der Waals surface area contributed by atoms with Crippen molar-refractivity contribution in [3.63, 3.8) is 0 Å². The Hall–Kier alpha value is -0.790. The summed E-state index contributed by atoms with van der Waals surface area (Å²) >= 11 is 2.02. The fourth-order valence-corrected chi connectivity index (χ4v) is 6.20. The van der Waals surface area contributed by atoms with Crippen molar-refractivity contribution in [1.82, 2.24) is 9.29 Å². The summed E-state index contributed by atoms with van der Waals surface area (Å²) in [4.78, 5) is 7.15. The van der Waals surface area contributed by atoms with Crippen molar-refractivity contribution >= 4 is 27.6 Å². The Labute approximate surface area is 156 Å². The number of hydrogen-bond acceptors (Lipinski definition) is 5. The Morgan fingerprint density at radius 2 is 1.88 bits per heavy atom. The first-order valence-corrected chi connectivity index (χ1v) is 11.9. The predicted molar refractivity (Wildman–Crippen MR) is 105 cm³/mol. The van der Waals surface area contributed by atoms with Crippen LogP contribution < -0.4 is 4.90 Å². The highest BCUT2D eigenvalue weighted by atomic mass is 32.2. The van der Waals surface area contributed by atoms with E-state index in [1.165, 1.54) is 19.3 Å². The summed E-state index contributed by atoms with van der Waals surface area (Å²) in [5.41, 5.74) is 0. The van der Waals surface area contributed by atoms with Crippen LogP contribution in [-0.2, 0) is 10.0 Å². The van der Waals surface area contributed by atoms with Gasteiger partial charge in [0.25, 0.3) is 0 Å². The van der Waals surface area contributed by atoms with Crippen LogP contribution in [0, 0.1) is 0 Å². The highest BCUT2D eigenvalue weighted by molar-refractivity contribution is 7.99. The van der Waals surface area contributed by atoms with Crippen LogP contribution in [0.2, 0.25) is 0 Å². The third kappa shape index (κ3) is 4.68. The molecule has 0 aliphatic carbocycles. The Morgan fingerprint density at radius 1 is 1.12 bits per heavy atom. The van der Waals surface area contributed by atoms with Crippen LogP contribution in [0.4, 0.5) is 5.82 Å². The van der Waals surface area contributed by atoms with Gasteiger partial charge < -0.3 is 4.90 Å². The number of rotatable bonds is 5. The van der Waals surface area contributed by atoms with Gasteiger partial charge >= 0.3 is 0 Å². The summed E-state index contributed by atoms with van der Waals surface area (Å²) in [5, 5.41) is 0.644. The van der Waals surface area contributed by atoms with Crippen LogP contribution in [-0.4, -0.2) is 54.9 Å². The topological polar surface area (TPSA) is 53.5 Å². The normalized spacial score (nSPS) is 23.4. The van der Waals surface area contributed by atoms with Gasteiger partial charge in [-0.3, -0.25) is 0 Å². The third-order valence-electron chi connectivity index (χ3n) is 5.03. The molecule has 2 saturated heterocycles. The van der Waals surface area contributed by atoms with E-state index < -0.39 is 10.0 Å². The minimum absolute atomic E-state index is 0.326. The first-order chi connectivity index (χ1) is 12.1. The van der Waals surface area contributed by atoms with Crippen molar-refractivity contribution in [3.05, 3.63) is 18.3 Å². The van der Waals surface area contributed by atoms with Gasteiger partial charge in [0.05, 0.1) is 0 Å². The SMILES string of the molecule is CCSC1CCCCN(c2ccc(S(=O)(=O)N3CCCCC3)cn2)C1. The molecule has 0 saturated carbocycles. The second kappa shape index (κ2) is 8.73. The van der Waals surface area contributed by atoms with Crippen molar-refractivity contribution in [2.24, 2.45) is 0 Å². The molecule has 2 aliphatic heterocycles. The number of hydrogen-bond donors (Lipinski definition) is 0. The van der Waals surface area contributed by atoms with Crippen molar-refractivity contribution in [2.75, 3.05) is 36.8 Å². The molecule has 3 heterocycles. The number of sulfonamides is 1. The molecule has 7 heteroatoms. The average Bonchev–Trinajstić information content (AvgIpc) is 2.89. The molecule has 1 atom stereocenters. The summed E-state index contributed by atoms with van der Waals surface area (Å²) in [6.07, 6.45) is 8.27. The number of pyridine rings is 1. The standard InChI is InChI=1S/C18H29N3O2S2/c1-2-24-16-8-4-7-11-20(15-16)18-10-9-17(14-19-18)25(22,23)21-12-5-3-6-13-21/h9-10,14,16H,2-8,11-13,15H2,1H3. The van der Waals surface area contributed by atoms with Gasteiger partial charge in [-0.05, 0) is 43.6 Å². The minimum Gasteiger partial charge on any atom is -0.356 e. The summed E-state index contributed by atoms with van der Waals surface area (Å²) in [7, 11) is -3.39. The molecule has 5 nitrogen and oxygen atoms in total. The molecule has 3 rings (SSSR count). The molecule has 2 aliphatic rings. The molecule has 0 aromatic carbocycles. The van der Waals surface area contributed by atoms with Crippen LogP contribution in [0.3, 0.4) is 0 Å². The number of thioether (sulfide) groups is 1. The largest absolute Gasteiger partial charge is 0.356 e. The van der Waals surface area contributed by atoms with Gasteiger partial charge in [-0.15, -0.1) is 0 Å². The van der Waals surface area contributed by atoms with Gasteiger partial charge in [0, 0.05) is 37.6 Å². The minimum atomic E-state index is -3.39. The fourth-order valence-electron chi connectivity index (χ4n) is 3.65. The number of anilines is 1. The van der Waals surface area contributed by atoms with E-state index in [9.17, 15) is 8.42 Å². The van der Waals surface area contributed by atoms with E-state index in [0.717, 1.165) is 43.9 Å². The van der Waals surface area contributed by atoms with Crippen molar-refractivity contribution in [2.45, 2.75) is 55.6 Å². The molecule has 140 valence electrons. The molecule has 1 aromatic heterocycles. The maximum absolute atomic E-state index is 12.7. The van der Waals surface area contributed by atoms with Crippen LogP contribution in [0.15, 0.2) is 23.2 Å². The summed E-state index contributed by atoms with van der Waals surface area (Å²) in [6, 6.07) is 3.62. The van der Waals surface area contributed by atoms with Gasteiger partial charge in [-0.1, -0.05) is 19.8 Å². The summed E-state index contributed by atoms with van der Waals surface area (Å²) < 4.78 is 27.1. The monoisotopic (exact) mass is 383 g/mol. The van der Waals surface area contributed by atoms with Gasteiger partial charge in [0.15, 0.2) is 0 Å². The molecule has 25 heavy (non-hydrogen) atoms. The average molecular weight is 384 g/mol. The molecule has 1 aromatic rings. The fraction of sp³-hybridized carbons (Fsp3) is 0.722. The van der Waals surface area contributed by atoms with Gasteiger partial charge in [-0.2, -0.15) is 16.1 Å². The maximum Gasteiger partial charge on any atom is 0.244 e. The molecule has 0 spiro atoms. The Kier molecular flexibility index (Phi) is 6.63. The van der Waals surface area contributed by atoms with Crippen LogP contribution >= 0.6 is 11.8 Å². The molecule has 2 fully saturated rings. The zero-order valence-electron chi connectivity index (χ0n) is 15.1. The zero-order chi connectivity index (χ0) is 17.7. The van der Waals surface area contributed by atoms with E-state index in [-0.39, 0.29) is 0 Å². The lowest BCUT2D eigenvalue weighted by molar-refractivity contribution is 0.346. The van der Waals surface area contributed by atoms with Crippen molar-refractivity contribution in [3.8, 4) is 0 Å². The lowest BCUT2D eigenvalue weighted by atomic mass is 10.2. The van der Waals surface area contributed by atoms with E-state index in [0.29, 0.717) is 23.2 Å². The summed E-state index contributed by atoms with van der Waals surface area (Å²) in [6.45, 7) is 5.48. The van der Waals surface area contributed by atoms with Crippen LogP contribution in [0.25, 0.3) is 0 Å². The summed E-state index contributed by atoms with van der Waals surface area (Å²) in [5.74, 6) is 2.04. The van der Waals surface area contributed by atoms with Gasteiger partial charge in [0.1, 0.15) is 10.7 Å². The third-order valence-corrected chi connectivity index (χ3v) is 8.10. The number of aromatic nitrogens is 1. The lowest BCUT2D eigenvalue weighted by Gasteiger charge is -2.27. The quantitative estimate of drug-likeness (QED) is 0.780. The zero-order valence-corrected chi connectivity index (χ0v) is 16.7. The molecule has 0 radical (unpaired) electrons. The second-order valence-corrected chi connectivity index (χ2v) is 10.4. The van der Waals surface area contributed by atoms with Gasteiger partial charge in [-0.25, -0.2) is 13.4 Å². The lowest BCUT2D eigenvalue weighted by Crippen LogP contribution is -2.35. The first-order valence-electron chi connectivity index (χ1n) is 9.44. The first kappa shape index (κ1) is 19.0. The van der Waals surface area contributed by atoms with Crippen molar-refractivity contribution < 1.29 is 8.42 Å². The highest BCUT2D eigenvalue weighted by Crippen LogP contribution is 2.26. The number of piperidine rings is 1.